The molecule has 0 saturated carbocycles. The van der Waals surface area contributed by atoms with Gasteiger partial charge in [-0.1, -0.05) is 17.7 Å². The van der Waals surface area contributed by atoms with Crippen molar-refractivity contribution in [3.63, 3.8) is 0 Å². The van der Waals surface area contributed by atoms with Gasteiger partial charge in [-0.3, -0.25) is 4.79 Å². The van der Waals surface area contributed by atoms with Gasteiger partial charge in [0.1, 0.15) is 13.2 Å². The predicted molar refractivity (Wildman–Crippen MR) is 96.3 cm³/mol. The van der Waals surface area contributed by atoms with Crippen molar-refractivity contribution in [2.75, 3.05) is 20.3 Å². The number of hydrogen-bond donors (Lipinski definition) is 2. The van der Waals surface area contributed by atoms with Crippen molar-refractivity contribution in [1.29, 1.82) is 0 Å². The molecule has 9 heteroatoms. The third-order valence-electron chi connectivity index (χ3n) is 3.82. The van der Waals surface area contributed by atoms with Crippen LogP contribution in [-0.4, -0.2) is 34.6 Å². The summed E-state index contributed by atoms with van der Waals surface area (Å²) in [4.78, 5) is 12.4. The molecule has 2 aromatic carbocycles. The van der Waals surface area contributed by atoms with Crippen molar-refractivity contribution in [3.8, 4) is 11.5 Å². The molecule has 2 N–H and O–H groups in total. The van der Waals surface area contributed by atoms with Gasteiger partial charge in [0.25, 0.3) is 5.91 Å². The van der Waals surface area contributed by atoms with Gasteiger partial charge in [-0.2, -0.15) is 0 Å². The molecule has 0 fully saturated rings. The molecule has 1 amide bonds. The molecule has 138 valence electrons. The van der Waals surface area contributed by atoms with Crippen LogP contribution in [0, 0.1) is 0 Å². The topological polar surface area (TPSA) is 93.7 Å². The second kappa shape index (κ2) is 7.53. The van der Waals surface area contributed by atoms with Crippen LogP contribution >= 0.6 is 11.6 Å². The number of nitrogens with one attached hydrogen (secondary N) is 2. The van der Waals surface area contributed by atoms with Gasteiger partial charge >= 0.3 is 0 Å². The lowest BCUT2D eigenvalue weighted by Gasteiger charge is -2.19. The molecule has 0 unspecified atom stereocenters. The Morgan fingerprint density at radius 2 is 1.85 bits per heavy atom. The maximum atomic E-state index is 12.4. The smallest absolute Gasteiger partial charge is 0.253 e. The van der Waals surface area contributed by atoms with Gasteiger partial charge in [0.2, 0.25) is 10.0 Å². The van der Waals surface area contributed by atoms with Crippen LogP contribution in [0.5, 0.6) is 11.5 Å². The molecular weight excluding hydrogens is 380 g/mol. The third kappa shape index (κ3) is 3.92. The Morgan fingerprint density at radius 1 is 1.12 bits per heavy atom. The van der Waals surface area contributed by atoms with E-state index in [-0.39, 0.29) is 22.0 Å². The Bertz CT molecular complexity index is 946. The van der Waals surface area contributed by atoms with Gasteiger partial charge in [-0.25, -0.2) is 13.1 Å². The van der Waals surface area contributed by atoms with Crippen LogP contribution in [0.4, 0.5) is 0 Å². The van der Waals surface area contributed by atoms with E-state index in [1.54, 1.807) is 12.1 Å². The number of fused-ring (bicyclic) bond motifs is 1. The number of carbonyl (C=O) groups excluding carboxylic acids is 1. The molecule has 26 heavy (non-hydrogen) atoms. The van der Waals surface area contributed by atoms with Crippen LogP contribution in [0.3, 0.4) is 0 Å². The van der Waals surface area contributed by atoms with Gasteiger partial charge in [-0.05, 0) is 42.9 Å². The highest BCUT2D eigenvalue weighted by molar-refractivity contribution is 7.89. The van der Waals surface area contributed by atoms with E-state index < -0.39 is 15.9 Å². The molecule has 2 aromatic rings. The standard InChI is InChI=1S/C17H17ClN2O5S/c1-19-26(22,23)12-3-4-14(18)13(9-12)17(21)20-10-11-2-5-15-16(8-11)25-7-6-24-15/h2-5,8-9,19H,6-7,10H2,1H3,(H,20,21). The summed E-state index contributed by atoms with van der Waals surface area (Å²) in [5.74, 6) is 0.820. The van der Waals surface area contributed by atoms with Gasteiger partial charge in [-0.15, -0.1) is 0 Å². The highest BCUT2D eigenvalue weighted by atomic mass is 35.5. The lowest BCUT2D eigenvalue weighted by Crippen LogP contribution is -2.24. The minimum absolute atomic E-state index is 0.0334. The quantitative estimate of drug-likeness (QED) is 0.805. The minimum atomic E-state index is -3.67. The van der Waals surface area contributed by atoms with Crippen molar-refractivity contribution in [2.24, 2.45) is 0 Å². The Kier molecular flexibility index (Phi) is 5.36. The van der Waals surface area contributed by atoms with Crippen molar-refractivity contribution in [1.82, 2.24) is 10.0 Å². The average molecular weight is 397 g/mol. The van der Waals surface area contributed by atoms with E-state index in [0.29, 0.717) is 24.7 Å². The van der Waals surface area contributed by atoms with E-state index >= 15 is 0 Å². The molecule has 0 saturated heterocycles. The molecule has 0 aromatic heterocycles. The van der Waals surface area contributed by atoms with Crippen LogP contribution < -0.4 is 19.5 Å². The van der Waals surface area contributed by atoms with Crippen molar-refractivity contribution >= 4 is 27.5 Å². The SMILES string of the molecule is CNS(=O)(=O)c1ccc(Cl)c(C(=O)NCc2ccc3c(c2)OCCO3)c1. The van der Waals surface area contributed by atoms with E-state index in [2.05, 4.69) is 10.0 Å². The Labute approximate surface area is 156 Å². The molecule has 0 radical (unpaired) electrons. The highest BCUT2D eigenvalue weighted by Gasteiger charge is 2.18. The lowest BCUT2D eigenvalue weighted by molar-refractivity contribution is 0.0950. The van der Waals surface area contributed by atoms with E-state index in [9.17, 15) is 13.2 Å². The molecule has 3 rings (SSSR count). The van der Waals surface area contributed by atoms with E-state index in [0.717, 1.165) is 5.56 Å². The van der Waals surface area contributed by atoms with Gasteiger partial charge in [0.05, 0.1) is 15.5 Å². The van der Waals surface area contributed by atoms with E-state index in [1.807, 2.05) is 6.07 Å². The van der Waals surface area contributed by atoms with Gasteiger partial charge in [0, 0.05) is 6.54 Å². The molecule has 0 atom stereocenters. The fourth-order valence-corrected chi connectivity index (χ4v) is 3.40. The summed E-state index contributed by atoms with van der Waals surface area (Å²) >= 11 is 6.05. The first kappa shape index (κ1) is 18.5. The average Bonchev–Trinajstić information content (AvgIpc) is 2.66. The molecular formula is C17H17ClN2O5S. The lowest BCUT2D eigenvalue weighted by atomic mass is 10.1. The van der Waals surface area contributed by atoms with Crippen molar-refractivity contribution in [3.05, 3.63) is 52.5 Å². The molecule has 1 heterocycles. The Morgan fingerprint density at radius 3 is 2.58 bits per heavy atom. The second-order valence-electron chi connectivity index (χ2n) is 5.51. The van der Waals surface area contributed by atoms with Crippen LogP contribution in [0.2, 0.25) is 5.02 Å². The Balaban J connectivity index is 1.75. The maximum Gasteiger partial charge on any atom is 0.253 e. The van der Waals surface area contributed by atoms with E-state index in [4.69, 9.17) is 21.1 Å². The van der Waals surface area contributed by atoms with Crippen LogP contribution in [0.25, 0.3) is 0 Å². The zero-order valence-corrected chi connectivity index (χ0v) is 15.5. The largest absolute Gasteiger partial charge is 0.486 e. The summed E-state index contributed by atoms with van der Waals surface area (Å²) in [7, 11) is -2.37. The van der Waals surface area contributed by atoms with Crippen molar-refractivity contribution < 1.29 is 22.7 Å². The summed E-state index contributed by atoms with van der Waals surface area (Å²) in [5.41, 5.74) is 0.901. The van der Waals surface area contributed by atoms with Gasteiger partial charge in [0.15, 0.2) is 11.5 Å². The monoisotopic (exact) mass is 396 g/mol. The number of benzene rings is 2. The summed E-state index contributed by atoms with van der Waals surface area (Å²) in [6.45, 7) is 1.22. The molecule has 0 bridgehead atoms. The number of sulfonamides is 1. The number of rotatable bonds is 5. The Hall–Kier alpha value is -2.29. The first-order valence-corrected chi connectivity index (χ1v) is 9.66. The van der Waals surface area contributed by atoms with Crippen LogP contribution in [0.1, 0.15) is 15.9 Å². The zero-order chi connectivity index (χ0) is 18.7. The first-order chi connectivity index (χ1) is 12.4. The van der Waals surface area contributed by atoms with Crippen molar-refractivity contribution in [2.45, 2.75) is 11.4 Å². The van der Waals surface area contributed by atoms with E-state index in [1.165, 1.54) is 25.2 Å². The summed E-state index contributed by atoms with van der Waals surface area (Å²) in [6.07, 6.45) is 0. The number of carbonyl (C=O) groups is 1. The second-order valence-corrected chi connectivity index (χ2v) is 7.80. The summed E-state index contributed by atoms with van der Waals surface area (Å²) < 4.78 is 36.9. The molecule has 7 nitrogen and oxygen atoms in total. The third-order valence-corrected chi connectivity index (χ3v) is 5.56. The normalized spacial score (nSPS) is 13.3. The number of hydrogen-bond acceptors (Lipinski definition) is 5. The van der Waals surface area contributed by atoms with Gasteiger partial charge < -0.3 is 14.8 Å². The number of halogens is 1. The molecule has 0 spiro atoms. The number of ether oxygens (including phenoxy) is 2. The molecule has 0 aliphatic carbocycles. The predicted octanol–water partition coefficient (Wildman–Crippen LogP) is 1.95. The number of amides is 1. The zero-order valence-electron chi connectivity index (χ0n) is 13.9. The summed E-state index contributed by atoms with van der Waals surface area (Å²) in [5, 5.41) is 2.89. The fraction of sp³-hybridized carbons (Fsp3) is 0.235. The first-order valence-electron chi connectivity index (χ1n) is 7.80. The molecule has 1 aliphatic rings. The van der Waals surface area contributed by atoms with Crippen LogP contribution in [-0.2, 0) is 16.6 Å². The highest BCUT2D eigenvalue weighted by Crippen LogP contribution is 2.30. The molecule has 1 aliphatic heterocycles. The summed E-state index contributed by atoms with van der Waals surface area (Å²) in [6, 6.07) is 9.35. The maximum absolute atomic E-state index is 12.4. The fourth-order valence-electron chi connectivity index (χ4n) is 2.44. The minimum Gasteiger partial charge on any atom is -0.486 e. The van der Waals surface area contributed by atoms with Crippen LogP contribution in [0.15, 0.2) is 41.3 Å².